The van der Waals surface area contributed by atoms with Crippen LogP contribution >= 0.6 is 23.1 Å². The van der Waals surface area contributed by atoms with Crippen molar-refractivity contribution in [1.82, 2.24) is 15.0 Å². The Hall–Kier alpha value is -3.23. The third-order valence-electron chi connectivity index (χ3n) is 5.08. The smallest absolute Gasteiger partial charge is 0.257 e. The van der Waals surface area contributed by atoms with Crippen LogP contribution in [0, 0.1) is 20.8 Å². The highest BCUT2D eigenvalue weighted by molar-refractivity contribution is 7.99. The average Bonchev–Trinajstić information content (AvgIpc) is 3.26. The normalized spacial score (nSPS) is 10.8. The molecule has 2 aromatic heterocycles. The molecule has 2 aromatic carbocycles. The van der Waals surface area contributed by atoms with Crippen LogP contribution in [0.2, 0.25) is 0 Å². The molecule has 0 aliphatic rings. The summed E-state index contributed by atoms with van der Waals surface area (Å²) < 4.78 is 5.50. The van der Waals surface area contributed by atoms with Gasteiger partial charge in [-0.1, -0.05) is 36.4 Å². The fraction of sp³-hybridized carbons (Fsp3) is 0.231. The molecule has 0 saturated carbocycles. The minimum atomic E-state index is -0.159. The van der Waals surface area contributed by atoms with Crippen LogP contribution in [0.3, 0.4) is 0 Å². The summed E-state index contributed by atoms with van der Waals surface area (Å²) in [5, 5.41) is 6.28. The van der Waals surface area contributed by atoms with Crippen molar-refractivity contribution in [2.24, 2.45) is 0 Å². The molecule has 0 saturated heterocycles. The van der Waals surface area contributed by atoms with Crippen molar-refractivity contribution in [3.8, 4) is 17.1 Å². The number of aromatic nitrogens is 3. The molecule has 0 atom stereocenters. The van der Waals surface area contributed by atoms with Gasteiger partial charge in [-0.2, -0.15) is 0 Å². The Balaban J connectivity index is 1.47. The van der Waals surface area contributed by atoms with Crippen molar-refractivity contribution in [3.05, 3.63) is 76.4 Å². The number of aryl methyl sites for hydroxylation is 3. The number of nitrogens with zero attached hydrogens (tertiary/aromatic N) is 3. The molecule has 0 unspecified atom stereocenters. The Morgan fingerprint density at radius 1 is 1.06 bits per heavy atom. The summed E-state index contributed by atoms with van der Waals surface area (Å²) in [5.41, 5.74) is 5.88. The fourth-order valence-electron chi connectivity index (χ4n) is 3.47. The second kappa shape index (κ2) is 10.8. The van der Waals surface area contributed by atoms with Crippen LogP contribution in [0.15, 0.2) is 64.1 Å². The molecule has 4 aromatic rings. The number of carbonyl (C=O) groups is 1. The van der Waals surface area contributed by atoms with E-state index in [9.17, 15) is 4.79 Å². The highest BCUT2D eigenvalue weighted by Crippen LogP contribution is 2.35. The van der Waals surface area contributed by atoms with E-state index in [0.717, 1.165) is 44.3 Å². The van der Waals surface area contributed by atoms with Crippen LogP contribution in [-0.2, 0) is 0 Å². The summed E-state index contributed by atoms with van der Waals surface area (Å²) in [5.74, 6) is 0.385. The zero-order chi connectivity index (χ0) is 24.1. The lowest BCUT2D eigenvalue weighted by Gasteiger charge is -2.11. The van der Waals surface area contributed by atoms with Gasteiger partial charge in [0.1, 0.15) is 5.03 Å². The minimum Gasteiger partial charge on any atom is -0.477 e. The Kier molecular flexibility index (Phi) is 7.59. The molecule has 0 radical (unpaired) electrons. The van der Waals surface area contributed by atoms with Gasteiger partial charge >= 0.3 is 0 Å². The second-order valence-corrected chi connectivity index (χ2v) is 9.89. The van der Waals surface area contributed by atoms with E-state index in [-0.39, 0.29) is 5.91 Å². The van der Waals surface area contributed by atoms with E-state index in [1.807, 2.05) is 36.6 Å². The summed E-state index contributed by atoms with van der Waals surface area (Å²) in [4.78, 5) is 27.1. The summed E-state index contributed by atoms with van der Waals surface area (Å²) in [6.07, 6.45) is 4.33. The van der Waals surface area contributed by atoms with Gasteiger partial charge < -0.3 is 4.74 Å². The zero-order valence-corrected chi connectivity index (χ0v) is 21.2. The van der Waals surface area contributed by atoms with Crippen LogP contribution in [0.5, 0.6) is 5.88 Å². The van der Waals surface area contributed by atoms with Crippen molar-refractivity contribution in [3.63, 3.8) is 0 Å². The molecule has 0 spiro atoms. The Labute approximate surface area is 207 Å². The fourth-order valence-corrected chi connectivity index (χ4v) is 5.09. The molecule has 6 nitrogen and oxygen atoms in total. The molecule has 0 aliphatic carbocycles. The van der Waals surface area contributed by atoms with E-state index in [1.54, 1.807) is 24.2 Å². The molecule has 174 valence electrons. The lowest BCUT2D eigenvalue weighted by molar-refractivity contribution is 0.102. The maximum atomic E-state index is 12.5. The molecule has 1 amide bonds. The molecular weight excluding hydrogens is 464 g/mol. The van der Waals surface area contributed by atoms with Crippen LogP contribution in [0.4, 0.5) is 5.13 Å². The van der Waals surface area contributed by atoms with E-state index >= 15 is 0 Å². The lowest BCUT2D eigenvalue weighted by atomic mass is 10.0. The number of rotatable bonds is 8. The first-order chi connectivity index (χ1) is 16.4. The van der Waals surface area contributed by atoms with Gasteiger partial charge in [-0.25, -0.2) is 15.0 Å². The third-order valence-corrected chi connectivity index (χ3v) is 6.73. The Bertz CT molecular complexity index is 1260. The number of anilines is 1. The van der Waals surface area contributed by atoms with E-state index in [1.165, 1.54) is 11.3 Å². The monoisotopic (exact) mass is 490 g/mol. The standard InChI is InChI=1S/C26H26N4O2S2/c1-5-10-32-22-13-28-23(14-27-22)34-20-11-17(3)24(18(4)12-20)21-15-33-26(29-21)30-25(31)19-8-6-16(2)7-9-19/h6-9,11-15H,5,10H2,1-4H3,(H,29,30,31). The van der Waals surface area contributed by atoms with Crippen LogP contribution in [0.25, 0.3) is 11.3 Å². The lowest BCUT2D eigenvalue weighted by Crippen LogP contribution is -2.11. The van der Waals surface area contributed by atoms with Gasteiger partial charge in [0.25, 0.3) is 5.91 Å². The maximum Gasteiger partial charge on any atom is 0.257 e. The van der Waals surface area contributed by atoms with Gasteiger partial charge in [-0.05, 0) is 62.6 Å². The molecule has 0 bridgehead atoms. The molecule has 1 N–H and O–H groups in total. The summed E-state index contributed by atoms with van der Waals surface area (Å²) in [6, 6.07) is 11.7. The number of benzene rings is 2. The van der Waals surface area contributed by atoms with E-state index in [0.29, 0.717) is 23.2 Å². The molecule has 4 rings (SSSR count). The maximum absolute atomic E-state index is 12.5. The minimum absolute atomic E-state index is 0.159. The van der Waals surface area contributed by atoms with Crippen LogP contribution < -0.4 is 10.1 Å². The largest absolute Gasteiger partial charge is 0.477 e. The predicted octanol–water partition coefficient (Wildman–Crippen LogP) is 6.72. The topological polar surface area (TPSA) is 77.0 Å². The first-order valence-electron chi connectivity index (χ1n) is 11.0. The highest BCUT2D eigenvalue weighted by Gasteiger charge is 2.14. The molecule has 2 heterocycles. The molecule has 34 heavy (non-hydrogen) atoms. The van der Waals surface area contributed by atoms with Crippen molar-refractivity contribution in [2.75, 3.05) is 11.9 Å². The number of ether oxygens (including phenoxy) is 1. The van der Waals surface area contributed by atoms with Gasteiger partial charge in [-0.15, -0.1) is 11.3 Å². The second-order valence-electron chi connectivity index (χ2n) is 7.93. The first kappa shape index (κ1) is 23.9. The number of hydrogen-bond acceptors (Lipinski definition) is 7. The van der Waals surface area contributed by atoms with Crippen molar-refractivity contribution in [1.29, 1.82) is 0 Å². The summed E-state index contributed by atoms with van der Waals surface area (Å²) in [6.45, 7) is 8.83. The van der Waals surface area contributed by atoms with E-state index in [4.69, 9.17) is 4.74 Å². The van der Waals surface area contributed by atoms with Gasteiger partial charge in [0.05, 0.1) is 24.7 Å². The zero-order valence-electron chi connectivity index (χ0n) is 19.6. The molecule has 0 fully saturated rings. The third kappa shape index (κ3) is 5.81. The van der Waals surface area contributed by atoms with Crippen molar-refractivity contribution in [2.45, 2.75) is 44.0 Å². The summed E-state index contributed by atoms with van der Waals surface area (Å²) >= 11 is 2.98. The number of thiazole rings is 1. The Morgan fingerprint density at radius 3 is 2.44 bits per heavy atom. The van der Waals surface area contributed by atoms with E-state index in [2.05, 4.69) is 53.2 Å². The van der Waals surface area contributed by atoms with Crippen LogP contribution in [0.1, 0.15) is 40.4 Å². The van der Waals surface area contributed by atoms with E-state index < -0.39 is 0 Å². The number of carbonyl (C=O) groups excluding carboxylic acids is 1. The van der Waals surface area contributed by atoms with Gasteiger partial charge in [-0.3, -0.25) is 10.1 Å². The predicted molar refractivity (Wildman–Crippen MR) is 138 cm³/mol. The highest BCUT2D eigenvalue weighted by atomic mass is 32.2. The SMILES string of the molecule is CCCOc1cnc(Sc2cc(C)c(-c3csc(NC(=O)c4ccc(C)cc4)n3)c(C)c2)cn1. The molecule has 0 aliphatic heterocycles. The van der Waals surface area contributed by atoms with Gasteiger partial charge in [0.15, 0.2) is 5.13 Å². The van der Waals surface area contributed by atoms with Crippen LogP contribution in [-0.4, -0.2) is 27.5 Å². The van der Waals surface area contributed by atoms with Crippen molar-refractivity contribution < 1.29 is 9.53 Å². The number of amides is 1. The molecule has 8 heteroatoms. The molecular formula is C26H26N4O2S2. The first-order valence-corrected chi connectivity index (χ1v) is 12.7. The van der Waals surface area contributed by atoms with Gasteiger partial charge in [0.2, 0.25) is 5.88 Å². The number of nitrogens with one attached hydrogen (secondary N) is 1. The quantitative estimate of drug-likeness (QED) is 0.295. The average molecular weight is 491 g/mol. The van der Waals surface area contributed by atoms with Crippen molar-refractivity contribution >= 4 is 34.1 Å². The number of hydrogen-bond donors (Lipinski definition) is 1. The summed E-state index contributed by atoms with van der Waals surface area (Å²) in [7, 11) is 0. The van der Waals surface area contributed by atoms with Gasteiger partial charge in [0, 0.05) is 21.4 Å². The Morgan fingerprint density at radius 2 is 1.79 bits per heavy atom.